The highest BCUT2D eigenvalue weighted by molar-refractivity contribution is 5.73. The number of nitrogen functional groups attached to an aromatic ring is 1. The zero-order valence-corrected chi connectivity index (χ0v) is 10.3. The first kappa shape index (κ1) is 11.1. The number of anilines is 2. The molecule has 2 aromatic rings. The number of aromatic nitrogens is 1. The van der Waals surface area contributed by atoms with Gasteiger partial charge >= 0.3 is 0 Å². The van der Waals surface area contributed by atoms with Gasteiger partial charge in [-0.3, -0.25) is 0 Å². The Morgan fingerprint density at radius 2 is 1.78 bits per heavy atom. The molecule has 2 N–H and O–H groups in total. The molecule has 0 unspecified atom stereocenters. The molecule has 0 bridgehead atoms. The Balaban J connectivity index is 1.82. The van der Waals surface area contributed by atoms with Crippen LogP contribution < -0.4 is 10.6 Å². The largest absolute Gasteiger partial charge is 0.372 e. The molecule has 18 heavy (non-hydrogen) atoms. The first-order valence-electron chi connectivity index (χ1n) is 6.40. The van der Waals surface area contributed by atoms with E-state index in [1.54, 1.807) is 6.20 Å². The predicted octanol–water partition coefficient (Wildman–Crippen LogP) is 2.91. The number of nitrogens with zero attached hydrogens (tertiary/aromatic N) is 2. The van der Waals surface area contributed by atoms with Crippen molar-refractivity contribution in [1.82, 2.24) is 5.16 Å². The average Bonchev–Trinajstić information content (AvgIpc) is 2.86. The Kier molecular flexibility index (Phi) is 2.92. The normalized spacial score (nSPS) is 15.9. The van der Waals surface area contributed by atoms with E-state index in [1.807, 2.05) is 0 Å². The highest BCUT2D eigenvalue weighted by Gasteiger charge is 2.12. The van der Waals surface area contributed by atoms with Gasteiger partial charge in [0.15, 0.2) is 0 Å². The molecule has 2 heterocycles. The number of hydrogen-bond donors (Lipinski definition) is 1. The lowest BCUT2D eigenvalue weighted by Gasteiger charge is -2.28. The van der Waals surface area contributed by atoms with Crippen LogP contribution in [-0.2, 0) is 0 Å². The molecular formula is C14H17N3O. The summed E-state index contributed by atoms with van der Waals surface area (Å²) in [6, 6.07) is 8.44. The SMILES string of the molecule is Nc1oncc1-c1ccc(N2CCCCC2)cc1. The molecule has 0 amide bonds. The number of benzene rings is 1. The van der Waals surface area contributed by atoms with Crippen LogP contribution in [0.2, 0.25) is 0 Å². The Morgan fingerprint density at radius 3 is 2.39 bits per heavy atom. The van der Waals surface area contributed by atoms with Crippen LogP contribution in [-0.4, -0.2) is 18.2 Å². The van der Waals surface area contributed by atoms with Crippen molar-refractivity contribution in [3.8, 4) is 11.1 Å². The number of nitrogens with two attached hydrogens (primary N) is 1. The number of rotatable bonds is 2. The molecule has 1 aromatic heterocycles. The number of piperidine rings is 1. The van der Waals surface area contributed by atoms with Crippen molar-refractivity contribution in [3.05, 3.63) is 30.5 Å². The molecule has 4 heteroatoms. The van der Waals surface area contributed by atoms with Crippen LogP contribution in [0.4, 0.5) is 11.6 Å². The molecule has 4 nitrogen and oxygen atoms in total. The third kappa shape index (κ3) is 2.06. The van der Waals surface area contributed by atoms with Gasteiger partial charge in [0, 0.05) is 18.8 Å². The molecule has 1 aliphatic heterocycles. The Labute approximate surface area is 106 Å². The first-order valence-corrected chi connectivity index (χ1v) is 6.40. The zero-order valence-electron chi connectivity index (χ0n) is 10.3. The second kappa shape index (κ2) is 4.72. The lowest BCUT2D eigenvalue weighted by molar-refractivity contribution is 0.436. The topological polar surface area (TPSA) is 55.3 Å². The van der Waals surface area contributed by atoms with Crippen molar-refractivity contribution in [2.24, 2.45) is 0 Å². The van der Waals surface area contributed by atoms with Crippen molar-refractivity contribution in [2.45, 2.75) is 19.3 Å². The third-order valence-electron chi connectivity index (χ3n) is 3.50. The molecular weight excluding hydrogens is 226 g/mol. The van der Waals surface area contributed by atoms with Gasteiger partial charge in [-0.15, -0.1) is 0 Å². The average molecular weight is 243 g/mol. The molecule has 0 radical (unpaired) electrons. The number of hydrogen-bond acceptors (Lipinski definition) is 4. The second-order valence-corrected chi connectivity index (χ2v) is 4.70. The van der Waals surface area contributed by atoms with Gasteiger partial charge in [-0.1, -0.05) is 17.3 Å². The smallest absolute Gasteiger partial charge is 0.229 e. The lowest BCUT2D eigenvalue weighted by atomic mass is 10.1. The van der Waals surface area contributed by atoms with Gasteiger partial charge in [-0.2, -0.15) is 0 Å². The summed E-state index contributed by atoms with van der Waals surface area (Å²) in [5, 5.41) is 3.70. The Bertz CT molecular complexity index is 512. The van der Waals surface area contributed by atoms with Crippen molar-refractivity contribution in [2.75, 3.05) is 23.7 Å². The van der Waals surface area contributed by atoms with Gasteiger partial charge in [0.05, 0.1) is 11.8 Å². The van der Waals surface area contributed by atoms with E-state index >= 15 is 0 Å². The van der Waals surface area contributed by atoms with Crippen molar-refractivity contribution in [1.29, 1.82) is 0 Å². The summed E-state index contributed by atoms with van der Waals surface area (Å²) in [6.07, 6.45) is 5.59. The molecule has 0 saturated carbocycles. The maximum atomic E-state index is 5.71. The van der Waals surface area contributed by atoms with Crippen LogP contribution >= 0.6 is 0 Å². The van der Waals surface area contributed by atoms with Gasteiger partial charge in [-0.05, 0) is 37.0 Å². The first-order chi connectivity index (χ1) is 8.84. The van der Waals surface area contributed by atoms with E-state index in [0.29, 0.717) is 5.88 Å². The van der Waals surface area contributed by atoms with Crippen molar-refractivity contribution >= 4 is 11.6 Å². The van der Waals surface area contributed by atoms with Gasteiger partial charge in [0.1, 0.15) is 0 Å². The lowest BCUT2D eigenvalue weighted by Crippen LogP contribution is -2.29. The van der Waals surface area contributed by atoms with E-state index in [0.717, 1.165) is 24.2 Å². The summed E-state index contributed by atoms with van der Waals surface area (Å²) in [5.74, 6) is 0.376. The van der Waals surface area contributed by atoms with Gasteiger partial charge in [0.25, 0.3) is 0 Å². The summed E-state index contributed by atoms with van der Waals surface area (Å²) in [7, 11) is 0. The second-order valence-electron chi connectivity index (χ2n) is 4.70. The highest BCUT2D eigenvalue weighted by atomic mass is 16.5. The van der Waals surface area contributed by atoms with Gasteiger partial charge in [0.2, 0.25) is 5.88 Å². The van der Waals surface area contributed by atoms with E-state index < -0.39 is 0 Å². The van der Waals surface area contributed by atoms with Crippen LogP contribution in [0.1, 0.15) is 19.3 Å². The monoisotopic (exact) mass is 243 g/mol. The van der Waals surface area contributed by atoms with E-state index in [4.69, 9.17) is 10.3 Å². The fourth-order valence-corrected chi connectivity index (χ4v) is 2.47. The summed E-state index contributed by atoms with van der Waals surface area (Å²) in [5.41, 5.74) is 8.91. The fraction of sp³-hybridized carbons (Fsp3) is 0.357. The van der Waals surface area contributed by atoms with Gasteiger partial charge < -0.3 is 15.2 Å². The molecule has 94 valence electrons. The molecule has 0 atom stereocenters. The maximum Gasteiger partial charge on any atom is 0.229 e. The molecule has 0 spiro atoms. The predicted molar refractivity (Wildman–Crippen MR) is 72.4 cm³/mol. The fourth-order valence-electron chi connectivity index (χ4n) is 2.47. The van der Waals surface area contributed by atoms with Crippen LogP contribution in [0.25, 0.3) is 11.1 Å². The Hall–Kier alpha value is -1.97. The quantitative estimate of drug-likeness (QED) is 0.881. The molecule has 1 fully saturated rings. The summed E-state index contributed by atoms with van der Waals surface area (Å²) in [6.45, 7) is 2.32. The maximum absolute atomic E-state index is 5.71. The van der Waals surface area contributed by atoms with E-state index in [1.165, 1.54) is 24.9 Å². The highest BCUT2D eigenvalue weighted by Crippen LogP contribution is 2.28. The van der Waals surface area contributed by atoms with Gasteiger partial charge in [-0.25, -0.2) is 0 Å². The van der Waals surface area contributed by atoms with Crippen LogP contribution in [0.15, 0.2) is 35.0 Å². The third-order valence-corrected chi connectivity index (χ3v) is 3.50. The zero-order chi connectivity index (χ0) is 12.4. The summed E-state index contributed by atoms with van der Waals surface area (Å²) >= 11 is 0. The molecule has 1 aliphatic rings. The van der Waals surface area contributed by atoms with E-state index in [9.17, 15) is 0 Å². The van der Waals surface area contributed by atoms with Crippen LogP contribution in [0.3, 0.4) is 0 Å². The van der Waals surface area contributed by atoms with E-state index in [2.05, 4.69) is 34.3 Å². The van der Waals surface area contributed by atoms with Crippen molar-refractivity contribution < 1.29 is 4.52 Å². The van der Waals surface area contributed by atoms with E-state index in [-0.39, 0.29) is 0 Å². The minimum atomic E-state index is 0.376. The molecule has 1 saturated heterocycles. The molecule has 3 rings (SSSR count). The molecule has 1 aromatic carbocycles. The molecule has 0 aliphatic carbocycles. The van der Waals surface area contributed by atoms with Crippen LogP contribution in [0, 0.1) is 0 Å². The summed E-state index contributed by atoms with van der Waals surface area (Å²) in [4.78, 5) is 2.43. The van der Waals surface area contributed by atoms with Crippen molar-refractivity contribution in [3.63, 3.8) is 0 Å². The summed E-state index contributed by atoms with van der Waals surface area (Å²) < 4.78 is 4.88. The van der Waals surface area contributed by atoms with Crippen LogP contribution in [0.5, 0.6) is 0 Å². The Morgan fingerprint density at radius 1 is 1.06 bits per heavy atom. The minimum Gasteiger partial charge on any atom is -0.372 e. The minimum absolute atomic E-state index is 0.376. The standard InChI is InChI=1S/C14H17N3O/c15-14-13(10-16-18-14)11-4-6-12(7-5-11)17-8-2-1-3-9-17/h4-7,10H,1-3,8-9,15H2.